The Bertz CT molecular complexity index is 653. The third-order valence-electron chi connectivity index (χ3n) is 3.40. The molecule has 6 nitrogen and oxygen atoms in total. The van der Waals surface area contributed by atoms with Crippen molar-refractivity contribution in [2.45, 2.75) is 13.0 Å². The van der Waals surface area contributed by atoms with E-state index in [1.54, 1.807) is 11.6 Å². The van der Waals surface area contributed by atoms with E-state index >= 15 is 0 Å². The summed E-state index contributed by atoms with van der Waals surface area (Å²) in [5.41, 5.74) is 2.26. The summed E-state index contributed by atoms with van der Waals surface area (Å²) in [5, 5.41) is 7.28. The molecular formula is C16H20N4O2S. The van der Waals surface area contributed by atoms with Crippen LogP contribution in [0.3, 0.4) is 0 Å². The van der Waals surface area contributed by atoms with Crippen LogP contribution in [-0.2, 0) is 9.59 Å². The molecule has 2 amide bonds. The van der Waals surface area contributed by atoms with Crippen molar-refractivity contribution < 1.29 is 9.59 Å². The Morgan fingerprint density at radius 3 is 2.48 bits per heavy atom. The molecule has 0 aliphatic carbocycles. The Morgan fingerprint density at radius 1 is 1.22 bits per heavy atom. The van der Waals surface area contributed by atoms with Gasteiger partial charge in [-0.05, 0) is 26.6 Å². The zero-order valence-electron chi connectivity index (χ0n) is 13.4. The van der Waals surface area contributed by atoms with Crippen LogP contribution in [0.2, 0.25) is 0 Å². The molecule has 23 heavy (non-hydrogen) atoms. The van der Waals surface area contributed by atoms with Crippen LogP contribution in [0.5, 0.6) is 0 Å². The summed E-state index contributed by atoms with van der Waals surface area (Å²) in [5.74, 6) is -1.37. The average Bonchev–Trinajstić information content (AvgIpc) is 3.01. The lowest BCUT2D eigenvalue weighted by molar-refractivity contribution is -0.136. The highest BCUT2D eigenvalue weighted by molar-refractivity contribution is 7.13. The first kappa shape index (κ1) is 17.1. The fourth-order valence-electron chi connectivity index (χ4n) is 2.10. The monoisotopic (exact) mass is 332 g/mol. The predicted molar refractivity (Wildman–Crippen MR) is 91.4 cm³/mol. The standard InChI is InChI=1S/C16H20N4O2S/c1-11-4-6-12(7-5-11)13(20(2)3)10-18-14(21)15(22)19-16-17-8-9-23-16/h4-9,13H,10H2,1-3H3,(H,18,21)(H,17,19,22). The number of nitrogens with zero attached hydrogens (tertiary/aromatic N) is 2. The van der Waals surface area contributed by atoms with Gasteiger partial charge >= 0.3 is 11.8 Å². The molecule has 122 valence electrons. The third kappa shape index (κ3) is 4.87. The maximum Gasteiger partial charge on any atom is 0.315 e. The molecule has 2 aromatic rings. The van der Waals surface area contributed by atoms with Crippen LogP contribution in [0.25, 0.3) is 0 Å². The van der Waals surface area contributed by atoms with Gasteiger partial charge in [0.05, 0.1) is 6.04 Å². The van der Waals surface area contributed by atoms with Crippen molar-refractivity contribution >= 4 is 28.3 Å². The molecule has 0 spiro atoms. The van der Waals surface area contributed by atoms with Crippen molar-refractivity contribution in [2.24, 2.45) is 0 Å². The van der Waals surface area contributed by atoms with Crippen molar-refractivity contribution in [3.63, 3.8) is 0 Å². The van der Waals surface area contributed by atoms with E-state index in [1.807, 2.05) is 50.2 Å². The van der Waals surface area contributed by atoms with Crippen LogP contribution in [-0.4, -0.2) is 42.3 Å². The van der Waals surface area contributed by atoms with E-state index in [0.717, 1.165) is 5.56 Å². The molecule has 0 saturated carbocycles. The SMILES string of the molecule is Cc1ccc(C(CNC(=O)C(=O)Nc2nccs2)N(C)C)cc1. The molecule has 1 aromatic carbocycles. The number of hydrogen-bond acceptors (Lipinski definition) is 5. The van der Waals surface area contributed by atoms with Crippen LogP contribution >= 0.6 is 11.3 Å². The van der Waals surface area contributed by atoms with Crippen molar-refractivity contribution in [2.75, 3.05) is 26.0 Å². The van der Waals surface area contributed by atoms with Crippen LogP contribution in [0, 0.1) is 6.92 Å². The first-order valence-corrected chi connectivity index (χ1v) is 8.07. The molecule has 0 aliphatic rings. The second kappa shape index (κ2) is 7.85. The second-order valence-corrected chi connectivity index (χ2v) is 6.29. The van der Waals surface area contributed by atoms with Gasteiger partial charge in [0.1, 0.15) is 0 Å². The molecular weight excluding hydrogens is 312 g/mol. The smallest absolute Gasteiger partial charge is 0.315 e. The van der Waals surface area contributed by atoms with Gasteiger partial charge in [-0.25, -0.2) is 4.98 Å². The highest BCUT2D eigenvalue weighted by Crippen LogP contribution is 2.18. The Hall–Kier alpha value is -2.25. The second-order valence-electron chi connectivity index (χ2n) is 5.39. The topological polar surface area (TPSA) is 74.3 Å². The molecule has 1 atom stereocenters. The lowest BCUT2D eigenvalue weighted by Gasteiger charge is -2.25. The number of amides is 2. The van der Waals surface area contributed by atoms with Crippen LogP contribution in [0.1, 0.15) is 17.2 Å². The van der Waals surface area contributed by atoms with Gasteiger partial charge in [-0.1, -0.05) is 29.8 Å². The first-order chi connectivity index (χ1) is 11.0. The minimum atomic E-state index is -0.707. The van der Waals surface area contributed by atoms with E-state index in [9.17, 15) is 9.59 Å². The third-order valence-corrected chi connectivity index (χ3v) is 4.09. The van der Waals surface area contributed by atoms with Gasteiger partial charge in [0, 0.05) is 18.1 Å². The normalized spacial score (nSPS) is 12.0. The van der Waals surface area contributed by atoms with Gasteiger partial charge in [-0.2, -0.15) is 0 Å². The Morgan fingerprint density at radius 2 is 1.91 bits per heavy atom. The van der Waals surface area contributed by atoms with Crippen LogP contribution < -0.4 is 10.6 Å². The van der Waals surface area contributed by atoms with E-state index in [-0.39, 0.29) is 6.04 Å². The van der Waals surface area contributed by atoms with E-state index in [0.29, 0.717) is 11.7 Å². The molecule has 0 fully saturated rings. The maximum absolute atomic E-state index is 11.9. The first-order valence-electron chi connectivity index (χ1n) is 7.19. The highest BCUT2D eigenvalue weighted by Gasteiger charge is 2.19. The van der Waals surface area contributed by atoms with E-state index in [4.69, 9.17) is 0 Å². The summed E-state index contributed by atoms with van der Waals surface area (Å²) in [4.78, 5) is 29.6. The number of likely N-dealkylation sites (N-methyl/N-ethyl adjacent to an activating group) is 1. The summed E-state index contributed by atoms with van der Waals surface area (Å²) < 4.78 is 0. The van der Waals surface area contributed by atoms with Crippen molar-refractivity contribution in [1.82, 2.24) is 15.2 Å². The summed E-state index contributed by atoms with van der Waals surface area (Å²) in [7, 11) is 3.87. The number of nitrogens with one attached hydrogen (secondary N) is 2. The van der Waals surface area contributed by atoms with Gasteiger partial charge < -0.3 is 10.2 Å². The Balaban J connectivity index is 1.94. The molecule has 0 bridgehead atoms. The molecule has 2 rings (SSSR count). The largest absolute Gasteiger partial charge is 0.346 e. The molecule has 1 unspecified atom stereocenters. The number of carbonyl (C=O) groups excluding carboxylic acids is 2. The predicted octanol–water partition coefficient (Wildman–Crippen LogP) is 1.81. The van der Waals surface area contributed by atoms with Crippen LogP contribution in [0.4, 0.5) is 5.13 Å². The van der Waals surface area contributed by atoms with Gasteiger partial charge in [0.25, 0.3) is 0 Å². The molecule has 1 aromatic heterocycles. The van der Waals surface area contributed by atoms with Crippen LogP contribution in [0.15, 0.2) is 35.8 Å². The Kier molecular flexibility index (Phi) is 5.84. The van der Waals surface area contributed by atoms with E-state index in [1.165, 1.54) is 16.9 Å². The zero-order valence-corrected chi connectivity index (χ0v) is 14.2. The number of thiazole rings is 1. The molecule has 0 aliphatic heterocycles. The molecule has 0 radical (unpaired) electrons. The fraction of sp³-hybridized carbons (Fsp3) is 0.312. The number of aromatic nitrogens is 1. The number of rotatable bonds is 5. The van der Waals surface area contributed by atoms with E-state index in [2.05, 4.69) is 15.6 Å². The number of carbonyl (C=O) groups is 2. The average molecular weight is 332 g/mol. The molecule has 7 heteroatoms. The van der Waals surface area contributed by atoms with Crippen molar-refractivity contribution in [3.8, 4) is 0 Å². The number of hydrogen-bond donors (Lipinski definition) is 2. The minimum Gasteiger partial charge on any atom is -0.346 e. The van der Waals surface area contributed by atoms with E-state index < -0.39 is 11.8 Å². The highest BCUT2D eigenvalue weighted by atomic mass is 32.1. The lowest BCUT2D eigenvalue weighted by atomic mass is 10.0. The summed E-state index contributed by atoms with van der Waals surface area (Å²) in [6, 6.07) is 8.11. The number of aryl methyl sites for hydroxylation is 1. The zero-order chi connectivity index (χ0) is 16.8. The van der Waals surface area contributed by atoms with Gasteiger partial charge in [0.2, 0.25) is 0 Å². The molecule has 2 N–H and O–H groups in total. The lowest BCUT2D eigenvalue weighted by Crippen LogP contribution is -2.40. The van der Waals surface area contributed by atoms with Gasteiger partial charge in [-0.3, -0.25) is 14.9 Å². The fourth-order valence-corrected chi connectivity index (χ4v) is 2.62. The quantitative estimate of drug-likeness (QED) is 0.819. The minimum absolute atomic E-state index is 0.00721. The summed E-state index contributed by atoms with van der Waals surface area (Å²) >= 11 is 1.26. The maximum atomic E-state index is 11.9. The van der Waals surface area contributed by atoms with Crippen molar-refractivity contribution in [3.05, 3.63) is 47.0 Å². The number of anilines is 1. The van der Waals surface area contributed by atoms with Gasteiger partial charge in [0.15, 0.2) is 5.13 Å². The molecule has 1 heterocycles. The molecule has 0 saturated heterocycles. The summed E-state index contributed by atoms with van der Waals surface area (Å²) in [6.45, 7) is 2.37. The van der Waals surface area contributed by atoms with Gasteiger partial charge in [-0.15, -0.1) is 11.3 Å². The van der Waals surface area contributed by atoms with Crippen molar-refractivity contribution in [1.29, 1.82) is 0 Å². The Labute approximate surface area is 139 Å². The summed E-state index contributed by atoms with van der Waals surface area (Å²) in [6.07, 6.45) is 1.57. The number of benzene rings is 1.